The van der Waals surface area contributed by atoms with E-state index in [2.05, 4.69) is 48.6 Å². The average Bonchev–Trinajstić information content (AvgIpc) is 2.74. The third-order valence-electron chi connectivity index (χ3n) is 3.51. The van der Waals surface area contributed by atoms with Crippen molar-refractivity contribution in [3.05, 3.63) is 49.4 Å². The first kappa shape index (κ1) is 18.1. The first-order valence-electron chi connectivity index (χ1n) is 7.40. The van der Waals surface area contributed by atoms with Crippen molar-refractivity contribution >= 4 is 33.2 Å². The molecule has 0 atom stereocenters. The zero-order valence-corrected chi connectivity index (χ0v) is 16.3. The first-order chi connectivity index (χ1) is 10.6. The van der Waals surface area contributed by atoms with Crippen LogP contribution in [-0.4, -0.2) is 10.5 Å². The van der Waals surface area contributed by atoms with Crippen LogP contribution in [0, 0.1) is 12.7 Å². The van der Waals surface area contributed by atoms with Crippen molar-refractivity contribution in [1.29, 1.82) is 0 Å². The lowest BCUT2D eigenvalue weighted by Gasteiger charge is -2.17. The lowest BCUT2D eigenvalue weighted by Crippen LogP contribution is -2.17. The van der Waals surface area contributed by atoms with Crippen LogP contribution in [-0.2, 0) is 12.0 Å². The fraction of sp³-hybridized carbons (Fsp3) is 0.412. The molecule has 1 amide bonds. The molecule has 0 aliphatic heterocycles. The van der Waals surface area contributed by atoms with E-state index < -0.39 is 0 Å². The van der Waals surface area contributed by atoms with Crippen LogP contribution < -0.4 is 4.80 Å². The molecular weight excluding hydrogens is 379 g/mol. The van der Waals surface area contributed by atoms with Gasteiger partial charge in [0, 0.05) is 21.6 Å². The fourth-order valence-electron chi connectivity index (χ4n) is 2.45. The highest BCUT2D eigenvalue weighted by Crippen LogP contribution is 2.28. The predicted octanol–water partition coefficient (Wildman–Crippen LogP) is 4.82. The van der Waals surface area contributed by atoms with Crippen molar-refractivity contribution in [2.75, 3.05) is 0 Å². The summed E-state index contributed by atoms with van der Waals surface area (Å²) >= 11 is 4.76. The molecule has 0 aliphatic carbocycles. The van der Waals surface area contributed by atoms with Gasteiger partial charge in [-0.05, 0) is 53.4 Å². The van der Waals surface area contributed by atoms with Crippen molar-refractivity contribution in [2.45, 2.75) is 46.6 Å². The molecule has 0 fully saturated rings. The highest BCUT2D eigenvalue weighted by atomic mass is 79.9. The Hall–Kier alpha value is -1.27. The van der Waals surface area contributed by atoms with E-state index in [0.717, 1.165) is 12.2 Å². The van der Waals surface area contributed by atoms with Crippen molar-refractivity contribution in [3.63, 3.8) is 0 Å². The zero-order chi connectivity index (χ0) is 17.4. The smallest absolute Gasteiger partial charge is 0.280 e. The van der Waals surface area contributed by atoms with Gasteiger partial charge in [0.1, 0.15) is 5.82 Å². The molecule has 0 aliphatic rings. The molecule has 1 heterocycles. The van der Waals surface area contributed by atoms with Crippen molar-refractivity contribution in [1.82, 2.24) is 4.57 Å². The Kier molecular flexibility index (Phi) is 5.26. The molecule has 0 radical (unpaired) electrons. The second-order valence-corrected chi connectivity index (χ2v) is 8.17. The van der Waals surface area contributed by atoms with Gasteiger partial charge in [-0.1, -0.05) is 20.8 Å². The number of hydrogen-bond acceptors (Lipinski definition) is 2. The molecular formula is C17H20BrFN2OS. The second kappa shape index (κ2) is 6.69. The number of carbonyl (C=O) groups is 1. The van der Waals surface area contributed by atoms with Crippen LogP contribution in [0.4, 0.5) is 4.39 Å². The number of amides is 1. The summed E-state index contributed by atoms with van der Waals surface area (Å²) < 4.78 is 15.6. The average molecular weight is 399 g/mol. The molecule has 0 saturated carbocycles. The summed E-state index contributed by atoms with van der Waals surface area (Å²) in [6, 6.07) is 3.99. The van der Waals surface area contributed by atoms with Gasteiger partial charge in [0.05, 0.1) is 5.56 Å². The number of nitrogens with zero attached hydrogens (tertiary/aromatic N) is 2. The van der Waals surface area contributed by atoms with E-state index >= 15 is 0 Å². The fourth-order valence-corrected chi connectivity index (χ4v) is 4.22. The molecule has 2 aromatic rings. The van der Waals surface area contributed by atoms with Gasteiger partial charge < -0.3 is 4.57 Å². The molecule has 124 valence electrons. The van der Waals surface area contributed by atoms with Crippen molar-refractivity contribution in [3.8, 4) is 0 Å². The summed E-state index contributed by atoms with van der Waals surface area (Å²) in [6.07, 6.45) is 0. The lowest BCUT2D eigenvalue weighted by atomic mass is 9.93. The number of carbonyl (C=O) groups excluding carboxylic acids is 1. The maximum Gasteiger partial charge on any atom is 0.280 e. The van der Waals surface area contributed by atoms with E-state index in [1.807, 2.05) is 11.5 Å². The van der Waals surface area contributed by atoms with E-state index in [-0.39, 0.29) is 17.1 Å². The molecule has 23 heavy (non-hydrogen) atoms. The minimum atomic E-state index is -0.390. The van der Waals surface area contributed by atoms with E-state index in [4.69, 9.17) is 0 Å². The first-order valence-corrected chi connectivity index (χ1v) is 9.01. The van der Waals surface area contributed by atoms with Crippen molar-refractivity contribution in [2.24, 2.45) is 4.99 Å². The Balaban J connectivity index is 2.57. The third-order valence-corrected chi connectivity index (χ3v) is 5.78. The van der Waals surface area contributed by atoms with Crippen LogP contribution in [0.5, 0.6) is 0 Å². The van der Waals surface area contributed by atoms with Crippen LogP contribution >= 0.6 is 27.3 Å². The van der Waals surface area contributed by atoms with Gasteiger partial charge in [-0.2, -0.15) is 4.99 Å². The Morgan fingerprint density at radius 1 is 1.39 bits per heavy atom. The summed E-state index contributed by atoms with van der Waals surface area (Å²) in [5, 5.41) is 0. The molecule has 2 rings (SSSR count). The van der Waals surface area contributed by atoms with Crippen LogP contribution in [0.2, 0.25) is 0 Å². The van der Waals surface area contributed by atoms with Gasteiger partial charge in [0.2, 0.25) is 0 Å². The maximum absolute atomic E-state index is 13.2. The Bertz CT molecular complexity index is 815. The van der Waals surface area contributed by atoms with Gasteiger partial charge >= 0.3 is 0 Å². The minimum Gasteiger partial charge on any atom is -0.321 e. The Labute approximate surface area is 148 Å². The zero-order valence-electron chi connectivity index (χ0n) is 13.9. The molecule has 0 N–H and O–H groups in total. The molecule has 0 bridgehead atoms. The van der Waals surface area contributed by atoms with Crippen LogP contribution in [0.15, 0.2) is 27.7 Å². The third kappa shape index (κ3) is 3.80. The number of benzene rings is 1. The summed E-state index contributed by atoms with van der Waals surface area (Å²) in [5.74, 6) is -0.764. The van der Waals surface area contributed by atoms with Gasteiger partial charge in [-0.15, -0.1) is 11.3 Å². The highest BCUT2D eigenvalue weighted by Gasteiger charge is 2.22. The topological polar surface area (TPSA) is 34.4 Å². The van der Waals surface area contributed by atoms with Crippen LogP contribution in [0.25, 0.3) is 0 Å². The van der Waals surface area contributed by atoms with E-state index in [0.29, 0.717) is 14.8 Å². The minimum absolute atomic E-state index is 0.00105. The molecule has 6 heteroatoms. The standard InChI is InChI=1S/C17H20BrFN2OS/c1-6-21-10(2)14(17(3,4)5)23-16(21)20-15(22)12-8-7-11(19)9-13(12)18/h7-9H,6H2,1-5H3/b20-16-. The number of thiazole rings is 1. The molecule has 0 spiro atoms. The van der Waals surface area contributed by atoms with Crippen LogP contribution in [0.3, 0.4) is 0 Å². The van der Waals surface area contributed by atoms with E-state index in [1.165, 1.54) is 34.4 Å². The maximum atomic E-state index is 13.2. The van der Waals surface area contributed by atoms with Crippen molar-refractivity contribution < 1.29 is 9.18 Å². The van der Waals surface area contributed by atoms with E-state index in [1.54, 1.807) is 0 Å². The highest BCUT2D eigenvalue weighted by molar-refractivity contribution is 9.10. The molecule has 1 aromatic heterocycles. The lowest BCUT2D eigenvalue weighted by molar-refractivity contribution is 0.0997. The number of hydrogen-bond donors (Lipinski definition) is 0. The van der Waals surface area contributed by atoms with Crippen LogP contribution in [0.1, 0.15) is 48.6 Å². The SMILES string of the molecule is CCn1c(C)c(C(C)(C)C)s/c1=N\C(=O)c1ccc(F)cc1Br. The van der Waals surface area contributed by atoms with Gasteiger partial charge in [-0.25, -0.2) is 4.39 Å². The number of aromatic nitrogens is 1. The Morgan fingerprint density at radius 2 is 2.04 bits per heavy atom. The monoisotopic (exact) mass is 398 g/mol. The quantitative estimate of drug-likeness (QED) is 0.713. The number of rotatable bonds is 2. The number of halogens is 2. The second-order valence-electron chi connectivity index (χ2n) is 6.33. The van der Waals surface area contributed by atoms with Gasteiger partial charge in [0.15, 0.2) is 4.80 Å². The van der Waals surface area contributed by atoms with Gasteiger partial charge in [0.25, 0.3) is 5.91 Å². The van der Waals surface area contributed by atoms with E-state index in [9.17, 15) is 9.18 Å². The Morgan fingerprint density at radius 3 is 2.57 bits per heavy atom. The summed E-state index contributed by atoms with van der Waals surface area (Å²) in [7, 11) is 0. The largest absolute Gasteiger partial charge is 0.321 e. The molecule has 3 nitrogen and oxygen atoms in total. The summed E-state index contributed by atoms with van der Waals surface area (Å²) in [6.45, 7) is 11.3. The summed E-state index contributed by atoms with van der Waals surface area (Å²) in [5.41, 5.74) is 1.49. The predicted molar refractivity (Wildman–Crippen MR) is 95.4 cm³/mol. The normalized spacial score (nSPS) is 12.7. The summed E-state index contributed by atoms with van der Waals surface area (Å²) in [4.78, 5) is 18.6. The molecule has 1 aromatic carbocycles. The molecule has 0 unspecified atom stereocenters. The molecule has 0 saturated heterocycles. The van der Waals surface area contributed by atoms with Gasteiger partial charge in [-0.3, -0.25) is 4.79 Å².